The first-order valence-corrected chi connectivity index (χ1v) is 13.4. The number of aliphatic hydroxyl groups excluding tert-OH is 1. The number of rotatable bonds is 6. The molecule has 1 aromatic heterocycles. The summed E-state index contributed by atoms with van der Waals surface area (Å²) in [6.45, 7) is 6.95. The molecule has 0 saturated carbocycles. The number of carboxylic acids is 1. The number of carboxylic acid groups (broad SMARTS) is 1. The van der Waals surface area contributed by atoms with Crippen LogP contribution >= 0.6 is 11.8 Å². The largest absolute Gasteiger partial charge is 0.477 e. The topological polar surface area (TPSA) is 122 Å². The van der Waals surface area contributed by atoms with Crippen LogP contribution in [0.25, 0.3) is 0 Å². The normalized spacial score (nSPS) is 31.1. The summed E-state index contributed by atoms with van der Waals surface area (Å²) in [5, 5.41) is 23.3. The zero-order valence-corrected chi connectivity index (χ0v) is 21.9. The first-order chi connectivity index (χ1) is 17.1. The molecule has 4 aliphatic rings. The number of imidazole rings is 1. The van der Waals surface area contributed by atoms with E-state index in [2.05, 4.69) is 19.4 Å². The molecular weight excluding hydrogens is 484 g/mol. The quantitative estimate of drug-likeness (QED) is 0.327. The fourth-order valence-electron chi connectivity index (χ4n) is 6.21. The second-order valence-corrected chi connectivity index (χ2v) is 11.7. The number of aliphatic hydroxyl groups is 1. The smallest absolute Gasteiger partial charge is 0.359 e. The molecule has 2 amide bonds. The average molecular weight is 520 g/mol. The molecule has 0 radical (unpaired) electrons. The van der Waals surface area contributed by atoms with Crippen LogP contribution in [0.1, 0.15) is 20.3 Å². The third-order valence-corrected chi connectivity index (χ3v) is 9.52. The lowest BCUT2D eigenvalue weighted by molar-refractivity contribution is -0.658. The van der Waals surface area contributed by atoms with E-state index in [0.29, 0.717) is 31.0 Å². The van der Waals surface area contributed by atoms with Crippen LogP contribution in [-0.2, 0) is 28.5 Å². The van der Waals surface area contributed by atoms with Gasteiger partial charge in [0.15, 0.2) is 0 Å². The van der Waals surface area contributed by atoms with Gasteiger partial charge in [-0.3, -0.25) is 14.5 Å². The molecule has 0 bridgehead atoms. The number of hydrogen-bond acceptors (Lipinski definition) is 7. The number of β-lactam (4-membered cyclic amide) rings is 1. The van der Waals surface area contributed by atoms with Gasteiger partial charge in [-0.15, -0.1) is 11.8 Å². The molecule has 4 aliphatic heterocycles. The highest BCUT2D eigenvalue weighted by Gasteiger charge is 2.60. The van der Waals surface area contributed by atoms with E-state index in [1.807, 2.05) is 38.3 Å². The zero-order chi connectivity index (χ0) is 25.9. The monoisotopic (exact) mass is 519 g/mol. The summed E-state index contributed by atoms with van der Waals surface area (Å²) < 4.78 is 4.17. The van der Waals surface area contributed by atoms with Crippen LogP contribution in [0.5, 0.6) is 0 Å². The summed E-state index contributed by atoms with van der Waals surface area (Å²) in [7, 11) is 4.04. The molecule has 196 valence electrons. The van der Waals surface area contributed by atoms with Crippen molar-refractivity contribution < 1.29 is 29.2 Å². The summed E-state index contributed by atoms with van der Waals surface area (Å²) in [5.74, 6) is -0.969. The number of aliphatic carboxylic acids is 1. The highest BCUT2D eigenvalue weighted by molar-refractivity contribution is 8.03. The van der Waals surface area contributed by atoms with Gasteiger partial charge in [0.05, 0.1) is 76.8 Å². The number of nitrogens with zero attached hydrogens (tertiary/aromatic N) is 5. The maximum absolute atomic E-state index is 13.3. The zero-order valence-electron chi connectivity index (χ0n) is 21.1. The van der Waals surface area contributed by atoms with Gasteiger partial charge in [-0.1, -0.05) is 6.92 Å². The van der Waals surface area contributed by atoms with Crippen molar-refractivity contribution in [2.24, 2.45) is 25.9 Å². The van der Waals surface area contributed by atoms with E-state index < -0.39 is 18.0 Å². The van der Waals surface area contributed by atoms with E-state index in [4.69, 9.17) is 0 Å². The molecule has 3 N–H and O–H groups in total. The molecule has 5 heterocycles. The number of hydrogen-bond donors (Lipinski definition) is 3. The lowest BCUT2D eigenvalue weighted by Gasteiger charge is -2.46. The van der Waals surface area contributed by atoms with Gasteiger partial charge >= 0.3 is 11.9 Å². The molecule has 0 aliphatic carbocycles. The van der Waals surface area contributed by atoms with Gasteiger partial charge in [-0.25, -0.2) is 13.9 Å². The van der Waals surface area contributed by atoms with Crippen molar-refractivity contribution in [3.05, 3.63) is 23.0 Å². The molecule has 0 unspecified atom stereocenters. The lowest BCUT2D eigenvalue weighted by atomic mass is 9.79. The van der Waals surface area contributed by atoms with Crippen LogP contribution in [0, 0.1) is 11.8 Å². The third-order valence-electron chi connectivity index (χ3n) is 8.01. The van der Waals surface area contributed by atoms with E-state index in [1.54, 1.807) is 6.92 Å². The minimum absolute atomic E-state index is 0.0354. The van der Waals surface area contributed by atoms with Crippen LogP contribution in [0.2, 0.25) is 0 Å². The maximum Gasteiger partial charge on any atom is 0.359 e. The van der Waals surface area contributed by atoms with Crippen molar-refractivity contribution in [2.75, 3.05) is 37.6 Å². The van der Waals surface area contributed by atoms with Crippen LogP contribution in [-0.4, -0.2) is 98.5 Å². The Bertz CT molecular complexity index is 1090. The van der Waals surface area contributed by atoms with Crippen molar-refractivity contribution >= 4 is 35.5 Å². The van der Waals surface area contributed by atoms with Gasteiger partial charge in [0.1, 0.15) is 5.70 Å². The third kappa shape index (κ3) is 3.99. The number of carbonyl (C=O) groups is 3. The summed E-state index contributed by atoms with van der Waals surface area (Å²) in [5.41, 5.74) is 0.0409. The predicted molar refractivity (Wildman–Crippen MR) is 133 cm³/mol. The Hall–Kier alpha value is -2.57. The molecule has 36 heavy (non-hydrogen) atoms. The SMILES string of the molecule is C[C@@H](O)[C@H]1C(=O)N2C(C(=O)O)=C(S[C@@H]3CN[C@H](C(=O)N4CCN(c5n(C)cc[n+]5C)CC4)C3)[C@H](C)[C@H]12. The van der Waals surface area contributed by atoms with Crippen LogP contribution in [0.4, 0.5) is 5.95 Å². The van der Waals surface area contributed by atoms with Gasteiger partial charge in [-0.05, 0) is 13.3 Å². The Balaban J connectivity index is 1.20. The Morgan fingerprint density at radius 2 is 1.94 bits per heavy atom. The van der Waals surface area contributed by atoms with Crippen LogP contribution in [0.3, 0.4) is 0 Å². The number of carbonyl (C=O) groups excluding carboxylic acids is 2. The second kappa shape index (κ2) is 9.38. The number of amides is 2. The van der Waals surface area contributed by atoms with Crippen LogP contribution in [0.15, 0.2) is 23.0 Å². The molecule has 1 aromatic rings. The highest BCUT2D eigenvalue weighted by Crippen LogP contribution is 2.51. The molecule has 11 nitrogen and oxygen atoms in total. The van der Waals surface area contributed by atoms with E-state index in [9.17, 15) is 24.6 Å². The van der Waals surface area contributed by atoms with Crippen molar-refractivity contribution in [2.45, 2.75) is 43.7 Å². The second-order valence-electron chi connectivity index (χ2n) is 10.3. The van der Waals surface area contributed by atoms with Gasteiger partial charge < -0.3 is 25.3 Å². The number of thioether (sulfide) groups is 1. The molecule has 0 aromatic carbocycles. The number of fused-ring (bicyclic) bond motifs is 1. The maximum atomic E-state index is 13.3. The number of nitrogens with one attached hydrogen (secondary N) is 1. The molecule has 3 saturated heterocycles. The van der Waals surface area contributed by atoms with Gasteiger partial charge in [0, 0.05) is 22.6 Å². The minimum atomic E-state index is -1.12. The number of anilines is 1. The molecule has 5 rings (SSSR count). The first kappa shape index (κ1) is 25.1. The molecule has 0 spiro atoms. The predicted octanol–water partition coefficient (Wildman–Crippen LogP) is -0.884. The molecule has 12 heteroatoms. The summed E-state index contributed by atoms with van der Waals surface area (Å²) in [6.07, 6.45) is 3.83. The lowest BCUT2D eigenvalue weighted by Crippen LogP contribution is -2.63. The Morgan fingerprint density at radius 1 is 1.25 bits per heavy atom. The summed E-state index contributed by atoms with van der Waals surface area (Å²) in [6, 6.07) is -0.616. The highest BCUT2D eigenvalue weighted by atomic mass is 32.2. The van der Waals surface area contributed by atoms with Crippen LogP contribution < -0.4 is 14.8 Å². The molecule has 6 atom stereocenters. The first-order valence-electron chi connectivity index (χ1n) is 12.5. The Labute approximate surface area is 214 Å². The van der Waals surface area contributed by atoms with Gasteiger partial charge in [0.25, 0.3) is 0 Å². The Morgan fingerprint density at radius 3 is 2.53 bits per heavy atom. The fraction of sp³-hybridized carbons (Fsp3) is 0.667. The number of piperazine rings is 1. The van der Waals surface area contributed by atoms with Crippen molar-refractivity contribution in [3.63, 3.8) is 0 Å². The van der Waals surface area contributed by atoms with Crippen molar-refractivity contribution in [1.29, 1.82) is 0 Å². The number of aryl methyl sites for hydroxylation is 2. The van der Waals surface area contributed by atoms with E-state index in [1.165, 1.54) is 16.7 Å². The summed E-state index contributed by atoms with van der Waals surface area (Å²) >= 11 is 1.47. The van der Waals surface area contributed by atoms with Crippen molar-refractivity contribution in [1.82, 2.24) is 19.7 Å². The minimum Gasteiger partial charge on any atom is -0.477 e. The van der Waals surface area contributed by atoms with E-state index >= 15 is 0 Å². The summed E-state index contributed by atoms with van der Waals surface area (Å²) in [4.78, 5) is 44.1. The van der Waals surface area contributed by atoms with E-state index in [-0.39, 0.29) is 40.8 Å². The number of aromatic nitrogens is 2. The molecular formula is C24H35N6O5S+. The van der Waals surface area contributed by atoms with Gasteiger partial charge in [-0.2, -0.15) is 0 Å². The Kier molecular flexibility index (Phi) is 6.54. The van der Waals surface area contributed by atoms with E-state index in [0.717, 1.165) is 19.0 Å². The molecule has 3 fully saturated rings. The average Bonchev–Trinajstić information content (AvgIpc) is 3.50. The standard InChI is InChI=1S/C24H34N6O5S/c1-13-18-17(14(2)31)22(33)30(18)19(23(34)35)20(13)36-15-11-16(25-12-15)21(32)28-7-9-29(10-8-28)24-26(3)5-6-27(24)4/h5-6,13-18,25,31H,7-12H2,1-4H3/p+1/t13-,14-,15+,16+,17-,18-/m1/s1. The van der Waals surface area contributed by atoms with Crippen molar-refractivity contribution in [3.8, 4) is 0 Å². The fourth-order valence-corrected chi connectivity index (χ4v) is 7.69. The van der Waals surface area contributed by atoms with Gasteiger partial charge in [0.2, 0.25) is 11.8 Å².